The highest BCUT2D eigenvalue weighted by Gasteiger charge is 2.32. The molecule has 179 valence electrons. The Balaban J connectivity index is 5.37. The van der Waals surface area contributed by atoms with Crippen molar-refractivity contribution in [2.75, 3.05) is 0 Å². The zero-order valence-corrected chi connectivity index (χ0v) is 20.3. The number of rotatable bonds is 14. The van der Waals surface area contributed by atoms with Gasteiger partial charge >= 0.3 is 0 Å². The standard InChI is InChI=1S/C23H42N3O5/c1-13(2)11-17(18(28)9-10-27)24-22(30)21(16(7)8)26-23(31)20(15(5)6)25-19(29)12-14(3)4/h13-18,20-21,28H,9,11-12H2,1-8H3,(H,24,30)(H,25,29)(H,26,31)/t17?,18?,20-,21-/m0/s1. The number of aliphatic hydroxyl groups is 1. The number of carbonyl (C=O) groups is 3. The molecule has 0 aliphatic rings. The van der Waals surface area contributed by atoms with Gasteiger partial charge in [-0.25, -0.2) is 0 Å². The van der Waals surface area contributed by atoms with Crippen LogP contribution in [-0.4, -0.2) is 53.3 Å². The van der Waals surface area contributed by atoms with Gasteiger partial charge in [0.05, 0.1) is 12.1 Å². The van der Waals surface area contributed by atoms with E-state index in [1.807, 2.05) is 41.5 Å². The van der Waals surface area contributed by atoms with Gasteiger partial charge in [0.15, 0.2) is 0 Å². The van der Waals surface area contributed by atoms with Crippen molar-refractivity contribution < 1.29 is 24.3 Å². The van der Waals surface area contributed by atoms with E-state index in [2.05, 4.69) is 16.0 Å². The van der Waals surface area contributed by atoms with Crippen molar-refractivity contribution in [3.05, 3.63) is 0 Å². The van der Waals surface area contributed by atoms with E-state index >= 15 is 0 Å². The fourth-order valence-corrected chi connectivity index (χ4v) is 3.24. The topological polar surface area (TPSA) is 125 Å². The summed E-state index contributed by atoms with van der Waals surface area (Å²) in [6, 6.07) is -2.24. The second-order valence-electron chi connectivity index (χ2n) is 9.78. The van der Waals surface area contributed by atoms with E-state index in [0.717, 1.165) is 0 Å². The molecule has 0 aromatic carbocycles. The third-order valence-electron chi connectivity index (χ3n) is 4.92. The summed E-state index contributed by atoms with van der Waals surface area (Å²) in [7, 11) is 0. The van der Waals surface area contributed by atoms with Crippen LogP contribution in [0.5, 0.6) is 0 Å². The normalized spacial score (nSPS) is 15.5. The molecule has 8 heteroatoms. The molecular weight excluding hydrogens is 398 g/mol. The maximum Gasteiger partial charge on any atom is 0.243 e. The van der Waals surface area contributed by atoms with Crippen molar-refractivity contribution in [1.82, 2.24) is 16.0 Å². The lowest BCUT2D eigenvalue weighted by atomic mass is 9.95. The minimum Gasteiger partial charge on any atom is -0.391 e. The third kappa shape index (κ3) is 11.3. The number of carbonyl (C=O) groups excluding carboxylic acids is 4. The maximum atomic E-state index is 13.0. The SMILES string of the molecule is CC(C)CC(=O)N[C@H](C(=O)N[C@H](C(=O)NC(CC(C)C)C(O)C[C]=O)C(C)C)C(C)C. The van der Waals surface area contributed by atoms with E-state index < -0.39 is 36.0 Å². The fraction of sp³-hybridized carbons (Fsp3) is 0.826. The second-order valence-corrected chi connectivity index (χ2v) is 9.78. The molecule has 0 saturated carbocycles. The molecule has 1 radical (unpaired) electrons. The molecule has 3 amide bonds. The van der Waals surface area contributed by atoms with Crippen LogP contribution in [0.1, 0.15) is 74.7 Å². The van der Waals surface area contributed by atoms with Crippen molar-refractivity contribution in [3.8, 4) is 0 Å². The third-order valence-corrected chi connectivity index (χ3v) is 4.92. The van der Waals surface area contributed by atoms with Crippen molar-refractivity contribution in [2.45, 2.75) is 98.9 Å². The highest BCUT2D eigenvalue weighted by Crippen LogP contribution is 2.13. The number of amides is 3. The zero-order valence-electron chi connectivity index (χ0n) is 20.3. The molecule has 0 rings (SSSR count). The number of hydrogen-bond donors (Lipinski definition) is 4. The molecule has 4 atom stereocenters. The molecule has 0 heterocycles. The summed E-state index contributed by atoms with van der Waals surface area (Å²) in [6.45, 7) is 15.0. The molecule has 8 nitrogen and oxygen atoms in total. The van der Waals surface area contributed by atoms with Gasteiger partial charge in [-0.15, -0.1) is 0 Å². The Morgan fingerprint density at radius 3 is 1.68 bits per heavy atom. The average molecular weight is 441 g/mol. The summed E-state index contributed by atoms with van der Waals surface area (Å²) in [5.41, 5.74) is 0. The summed E-state index contributed by atoms with van der Waals surface area (Å²) in [6.07, 6.45) is 1.22. The Hall–Kier alpha value is -1.96. The number of aliphatic hydroxyl groups excluding tert-OH is 1. The van der Waals surface area contributed by atoms with Gasteiger partial charge in [-0.1, -0.05) is 55.4 Å². The predicted octanol–water partition coefficient (Wildman–Crippen LogP) is 1.71. The van der Waals surface area contributed by atoms with Crippen LogP contribution in [-0.2, 0) is 19.2 Å². The lowest BCUT2D eigenvalue weighted by Gasteiger charge is -2.30. The molecular formula is C23H42N3O5. The first-order valence-electron chi connectivity index (χ1n) is 11.2. The molecule has 0 aliphatic heterocycles. The van der Waals surface area contributed by atoms with Crippen LogP contribution in [0.25, 0.3) is 0 Å². The summed E-state index contributed by atoms with van der Waals surface area (Å²) in [4.78, 5) is 48.7. The van der Waals surface area contributed by atoms with Crippen LogP contribution < -0.4 is 16.0 Å². The first-order chi connectivity index (χ1) is 14.3. The van der Waals surface area contributed by atoms with Crippen molar-refractivity contribution in [3.63, 3.8) is 0 Å². The van der Waals surface area contributed by atoms with Crippen LogP contribution in [0.3, 0.4) is 0 Å². The van der Waals surface area contributed by atoms with Gasteiger partial charge in [-0.05, 0) is 30.1 Å². The van der Waals surface area contributed by atoms with Crippen LogP contribution in [0.2, 0.25) is 0 Å². The van der Waals surface area contributed by atoms with E-state index in [1.54, 1.807) is 20.1 Å². The maximum absolute atomic E-state index is 13.0. The van der Waals surface area contributed by atoms with Crippen LogP contribution in [0.15, 0.2) is 0 Å². The summed E-state index contributed by atoms with van der Waals surface area (Å²) in [5.74, 6) is -1.11. The minimum atomic E-state index is -1.05. The van der Waals surface area contributed by atoms with Crippen LogP contribution >= 0.6 is 0 Å². The summed E-state index contributed by atoms with van der Waals surface area (Å²) >= 11 is 0. The highest BCUT2D eigenvalue weighted by molar-refractivity contribution is 5.92. The average Bonchev–Trinajstić information content (AvgIpc) is 2.61. The first-order valence-corrected chi connectivity index (χ1v) is 11.2. The Kier molecular flexibility index (Phi) is 13.3. The van der Waals surface area contributed by atoms with E-state index in [-0.39, 0.29) is 36.0 Å². The highest BCUT2D eigenvalue weighted by atomic mass is 16.3. The second kappa shape index (κ2) is 14.2. The molecule has 0 aliphatic carbocycles. The largest absolute Gasteiger partial charge is 0.391 e. The molecule has 0 fully saturated rings. The zero-order chi connectivity index (χ0) is 24.3. The molecule has 31 heavy (non-hydrogen) atoms. The van der Waals surface area contributed by atoms with Crippen molar-refractivity contribution in [1.29, 1.82) is 0 Å². The lowest BCUT2D eigenvalue weighted by molar-refractivity contribution is -0.134. The van der Waals surface area contributed by atoms with Gasteiger partial charge in [-0.3, -0.25) is 19.2 Å². The van der Waals surface area contributed by atoms with E-state index in [0.29, 0.717) is 12.8 Å². The molecule has 0 spiro atoms. The molecule has 4 N–H and O–H groups in total. The van der Waals surface area contributed by atoms with E-state index in [4.69, 9.17) is 0 Å². The van der Waals surface area contributed by atoms with Gasteiger partial charge < -0.3 is 21.1 Å². The molecule has 0 aromatic heterocycles. The van der Waals surface area contributed by atoms with Gasteiger partial charge in [0.1, 0.15) is 12.1 Å². The minimum absolute atomic E-state index is 0.161. The lowest BCUT2D eigenvalue weighted by Crippen LogP contribution is -2.58. The monoisotopic (exact) mass is 440 g/mol. The van der Waals surface area contributed by atoms with Gasteiger partial charge in [0.25, 0.3) is 0 Å². The Bertz CT molecular complexity index is 590. The molecule has 0 bridgehead atoms. The molecule has 0 saturated heterocycles. The van der Waals surface area contributed by atoms with Crippen LogP contribution in [0.4, 0.5) is 0 Å². The number of hydrogen-bond acceptors (Lipinski definition) is 5. The van der Waals surface area contributed by atoms with Gasteiger partial charge in [-0.2, -0.15) is 0 Å². The van der Waals surface area contributed by atoms with Gasteiger partial charge in [0, 0.05) is 12.8 Å². The van der Waals surface area contributed by atoms with Crippen molar-refractivity contribution >= 4 is 24.0 Å². The molecule has 2 unspecified atom stereocenters. The van der Waals surface area contributed by atoms with E-state index in [9.17, 15) is 24.3 Å². The number of nitrogens with one attached hydrogen (secondary N) is 3. The van der Waals surface area contributed by atoms with Crippen LogP contribution in [0, 0.1) is 23.7 Å². The first kappa shape index (κ1) is 29.0. The van der Waals surface area contributed by atoms with E-state index in [1.165, 1.54) is 0 Å². The predicted molar refractivity (Wildman–Crippen MR) is 121 cm³/mol. The smallest absolute Gasteiger partial charge is 0.243 e. The summed E-state index contributed by atoms with van der Waals surface area (Å²) in [5, 5.41) is 18.5. The Morgan fingerprint density at radius 1 is 0.774 bits per heavy atom. The quantitative estimate of drug-likeness (QED) is 0.327. The Labute approximate surface area is 187 Å². The fourth-order valence-electron chi connectivity index (χ4n) is 3.24. The summed E-state index contributed by atoms with van der Waals surface area (Å²) < 4.78 is 0. The van der Waals surface area contributed by atoms with Gasteiger partial charge in [0.2, 0.25) is 24.0 Å². The molecule has 0 aromatic rings. The Morgan fingerprint density at radius 2 is 1.26 bits per heavy atom. The van der Waals surface area contributed by atoms with Crippen molar-refractivity contribution in [2.24, 2.45) is 23.7 Å².